The Morgan fingerprint density at radius 1 is 1.45 bits per heavy atom. The number of amides is 1. The van der Waals surface area contributed by atoms with E-state index in [1.165, 1.54) is 12.1 Å². The van der Waals surface area contributed by atoms with E-state index in [1.807, 2.05) is 0 Å². The van der Waals surface area contributed by atoms with Crippen LogP contribution in [-0.2, 0) is 4.79 Å². The highest BCUT2D eigenvalue weighted by molar-refractivity contribution is 6.31. The van der Waals surface area contributed by atoms with E-state index in [9.17, 15) is 19.7 Å². The van der Waals surface area contributed by atoms with Crippen molar-refractivity contribution in [2.45, 2.75) is 18.9 Å². The Labute approximate surface area is 118 Å². The van der Waals surface area contributed by atoms with Crippen LogP contribution in [0, 0.1) is 10.1 Å². The summed E-state index contributed by atoms with van der Waals surface area (Å²) in [4.78, 5) is 34.8. The SMILES string of the molecule is O=C(O)[C@H]1CCCN1C(=O)c1cc(Cl)ccc1[N+](=O)[O-]. The second-order valence-electron chi connectivity index (χ2n) is 4.41. The summed E-state index contributed by atoms with van der Waals surface area (Å²) < 4.78 is 0. The highest BCUT2D eigenvalue weighted by Gasteiger charge is 2.36. The molecule has 7 nitrogen and oxygen atoms in total. The van der Waals surface area contributed by atoms with Gasteiger partial charge in [0.2, 0.25) is 0 Å². The van der Waals surface area contributed by atoms with Gasteiger partial charge in [-0.15, -0.1) is 0 Å². The molecule has 0 aliphatic carbocycles. The molecule has 106 valence electrons. The van der Waals surface area contributed by atoms with E-state index in [0.717, 1.165) is 11.0 Å². The molecule has 1 amide bonds. The number of aliphatic carboxylic acids is 1. The van der Waals surface area contributed by atoms with Gasteiger partial charge >= 0.3 is 5.97 Å². The summed E-state index contributed by atoms with van der Waals surface area (Å²) in [6.07, 6.45) is 0.895. The lowest BCUT2D eigenvalue weighted by atomic mass is 10.1. The quantitative estimate of drug-likeness (QED) is 0.679. The van der Waals surface area contributed by atoms with E-state index in [1.54, 1.807) is 0 Å². The maximum atomic E-state index is 12.3. The van der Waals surface area contributed by atoms with Crippen molar-refractivity contribution < 1.29 is 19.6 Å². The molecule has 1 atom stereocenters. The minimum absolute atomic E-state index is 0.185. The first-order chi connectivity index (χ1) is 9.41. The topological polar surface area (TPSA) is 101 Å². The van der Waals surface area contributed by atoms with Crippen LogP contribution >= 0.6 is 11.6 Å². The molecule has 0 unspecified atom stereocenters. The highest BCUT2D eigenvalue weighted by atomic mass is 35.5. The molecule has 1 saturated heterocycles. The average molecular weight is 299 g/mol. The van der Waals surface area contributed by atoms with Gasteiger partial charge in [-0.1, -0.05) is 11.6 Å². The largest absolute Gasteiger partial charge is 0.480 e. The Bertz CT molecular complexity index is 589. The van der Waals surface area contributed by atoms with E-state index >= 15 is 0 Å². The number of carbonyl (C=O) groups excluding carboxylic acids is 1. The normalized spacial score (nSPS) is 18.1. The molecule has 1 heterocycles. The molecule has 1 N–H and O–H groups in total. The van der Waals surface area contributed by atoms with Crippen molar-refractivity contribution in [1.29, 1.82) is 0 Å². The smallest absolute Gasteiger partial charge is 0.326 e. The van der Waals surface area contributed by atoms with Crippen LogP contribution in [0.4, 0.5) is 5.69 Å². The Balaban J connectivity index is 2.40. The summed E-state index contributed by atoms with van der Waals surface area (Å²) in [5.41, 5.74) is -0.564. The number of carboxylic acids is 1. The van der Waals surface area contributed by atoms with Crippen molar-refractivity contribution >= 4 is 29.2 Å². The number of carboxylic acid groups (broad SMARTS) is 1. The number of nitrogens with zero attached hydrogens (tertiary/aromatic N) is 2. The number of likely N-dealkylation sites (tertiary alicyclic amines) is 1. The number of nitro groups is 1. The van der Waals surface area contributed by atoms with Crippen LogP contribution in [0.25, 0.3) is 0 Å². The fraction of sp³-hybridized carbons (Fsp3) is 0.333. The van der Waals surface area contributed by atoms with E-state index in [4.69, 9.17) is 16.7 Å². The van der Waals surface area contributed by atoms with Gasteiger partial charge in [0.25, 0.3) is 11.6 Å². The van der Waals surface area contributed by atoms with Crippen molar-refractivity contribution in [2.75, 3.05) is 6.54 Å². The molecule has 1 fully saturated rings. The summed E-state index contributed by atoms with van der Waals surface area (Å²) in [7, 11) is 0. The fourth-order valence-corrected chi connectivity index (χ4v) is 2.43. The fourth-order valence-electron chi connectivity index (χ4n) is 2.26. The van der Waals surface area contributed by atoms with E-state index < -0.39 is 22.8 Å². The first-order valence-corrected chi connectivity index (χ1v) is 6.27. The molecule has 1 aromatic carbocycles. The van der Waals surface area contributed by atoms with Gasteiger partial charge < -0.3 is 10.0 Å². The van der Waals surface area contributed by atoms with Gasteiger partial charge in [-0.2, -0.15) is 0 Å². The predicted octanol–water partition coefficient (Wildman–Crippen LogP) is 1.94. The number of carbonyl (C=O) groups is 2. The number of hydrogen-bond donors (Lipinski definition) is 1. The first-order valence-electron chi connectivity index (χ1n) is 5.89. The second-order valence-corrected chi connectivity index (χ2v) is 4.85. The Morgan fingerprint density at radius 3 is 2.75 bits per heavy atom. The molecular weight excluding hydrogens is 288 g/mol. The van der Waals surface area contributed by atoms with E-state index in [0.29, 0.717) is 12.8 Å². The van der Waals surface area contributed by atoms with Gasteiger partial charge in [0.1, 0.15) is 11.6 Å². The molecule has 1 aromatic rings. The van der Waals surface area contributed by atoms with E-state index in [2.05, 4.69) is 0 Å². The molecular formula is C12H11ClN2O5. The van der Waals surface area contributed by atoms with E-state index in [-0.39, 0.29) is 22.8 Å². The summed E-state index contributed by atoms with van der Waals surface area (Å²) in [5.74, 6) is -1.79. The second kappa shape index (κ2) is 5.46. The third kappa shape index (κ3) is 2.57. The molecule has 1 aliphatic rings. The molecule has 0 bridgehead atoms. The van der Waals surface area contributed by atoms with Gasteiger partial charge in [-0.3, -0.25) is 14.9 Å². The lowest BCUT2D eigenvalue weighted by Gasteiger charge is -2.21. The van der Waals surface area contributed by atoms with Gasteiger partial charge in [0, 0.05) is 17.6 Å². The number of rotatable bonds is 3. The molecule has 1 aliphatic heterocycles. The summed E-state index contributed by atoms with van der Waals surface area (Å²) in [6, 6.07) is 2.71. The number of nitro benzene ring substituents is 1. The first kappa shape index (κ1) is 14.3. The molecule has 2 rings (SSSR count). The number of benzene rings is 1. The number of hydrogen-bond acceptors (Lipinski definition) is 4. The van der Waals surface area contributed by atoms with Crippen molar-refractivity contribution in [2.24, 2.45) is 0 Å². The summed E-state index contributed by atoms with van der Waals surface area (Å²) in [5, 5.41) is 20.2. The van der Waals surface area contributed by atoms with Gasteiger partial charge in [0.05, 0.1) is 4.92 Å². The van der Waals surface area contributed by atoms with Crippen LogP contribution in [0.15, 0.2) is 18.2 Å². The zero-order valence-electron chi connectivity index (χ0n) is 10.3. The Hall–Kier alpha value is -2.15. The third-order valence-corrected chi connectivity index (χ3v) is 3.42. The lowest BCUT2D eigenvalue weighted by Crippen LogP contribution is -2.40. The van der Waals surface area contributed by atoms with Crippen molar-refractivity contribution in [3.05, 3.63) is 38.9 Å². The monoisotopic (exact) mass is 298 g/mol. The maximum Gasteiger partial charge on any atom is 0.326 e. The van der Waals surface area contributed by atoms with Crippen molar-refractivity contribution in [1.82, 2.24) is 4.90 Å². The van der Waals surface area contributed by atoms with Gasteiger partial charge in [-0.25, -0.2) is 4.79 Å². The summed E-state index contributed by atoms with van der Waals surface area (Å²) >= 11 is 5.76. The standard InChI is InChI=1S/C12H11ClN2O5/c13-7-3-4-9(15(19)20)8(6-7)11(16)14-5-1-2-10(14)12(17)18/h3-4,6,10H,1-2,5H2,(H,17,18)/t10-/m1/s1. The van der Waals surface area contributed by atoms with Crippen LogP contribution in [0.1, 0.15) is 23.2 Å². The molecule has 8 heteroatoms. The molecule has 0 spiro atoms. The van der Waals surface area contributed by atoms with Crippen LogP contribution in [0.2, 0.25) is 5.02 Å². The zero-order valence-corrected chi connectivity index (χ0v) is 11.0. The minimum Gasteiger partial charge on any atom is -0.480 e. The van der Waals surface area contributed by atoms with Gasteiger partial charge in [-0.05, 0) is 25.0 Å². The Kier molecular flexibility index (Phi) is 3.89. The number of halogens is 1. The third-order valence-electron chi connectivity index (χ3n) is 3.18. The van der Waals surface area contributed by atoms with Crippen LogP contribution < -0.4 is 0 Å². The lowest BCUT2D eigenvalue weighted by molar-refractivity contribution is -0.385. The maximum absolute atomic E-state index is 12.3. The Morgan fingerprint density at radius 2 is 2.15 bits per heavy atom. The van der Waals surface area contributed by atoms with Gasteiger partial charge in [0.15, 0.2) is 0 Å². The molecule has 0 aromatic heterocycles. The summed E-state index contributed by atoms with van der Waals surface area (Å²) in [6.45, 7) is 0.263. The average Bonchev–Trinajstić information content (AvgIpc) is 2.86. The predicted molar refractivity (Wildman–Crippen MR) is 69.8 cm³/mol. The molecule has 0 saturated carbocycles. The molecule has 0 radical (unpaired) electrons. The van der Waals surface area contributed by atoms with Crippen LogP contribution in [-0.4, -0.2) is 39.4 Å². The minimum atomic E-state index is -1.11. The van der Waals surface area contributed by atoms with Crippen molar-refractivity contribution in [3.63, 3.8) is 0 Å². The highest BCUT2D eigenvalue weighted by Crippen LogP contribution is 2.27. The van der Waals surface area contributed by atoms with Crippen molar-refractivity contribution in [3.8, 4) is 0 Å². The van der Waals surface area contributed by atoms with Crippen LogP contribution in [0.3, 0.4) is 0 Å². The van der Waals surface area contributed by atoms with Crippen LogP contribution in [0.5, 0.6) is 0 Å². The molecule has 20 heavy (non-hydrogen) atoms. The zero-order chi connectivity index (χ0) is 14.9.